The molecule has 302 valence electrons. The summed E-state index contributed by atoms with van der Waals surface area (Å²) in [7, 11) is 0. The molecule has 0 spiro atoms. The molecule has 0 radical (unpaired) electrons. The summed E-state index contributed by atoms with van der Waals surface area (Å²) < 4.78 is 16.6. The summed E-state index contributed by atoms with van der Waals surface area (Å²) in [4.78, 5) is 37.5. The molecule has 0 N–H and O–H groups in total. The molecule has 6 heteroatoms. The van der Waals surface area contributed by atoms with Gasteiger partial charge < -0.3 is 14.2 Å². The van der Waals surface area contributed by atoms with E-state index in [1.54, 1.807) is 0 Å². The highest BCUT2D eigenvalue weighted by atomic mass is 16.6. The first-order chi connectivity index (χ1) is 24.9. The van der Waals surface area contributed by atoms with Crippen molar-refractivity contribution >= 4 is 17.9 Å². The van der Waals surface area contributed by atoms with Crippen molar-refractivity contribution in [3.63, 3.8) is 0 Å². The summed E-state index contributed by atoms with van der Waals surface area (Å²) in [5, 5.41) is 0. The van der Waals surface area contributed by atoms with Gasteiger partial charge in [-0.1, -0.05) is 207 Å². The third kappa shape index (κ3) is 39.5. The number of hydrogen-bond acceptors (Lipinski definition) is 6. The second-order valence-corrected chi connectivity index (χ2v) is 15.8. The van der Waals surface area contributed by atoms with Gasteiger partial charge in [0, 0.05) is 19.3 Å². The molecule has 0 rings (SSSR count). The Morgan fingerprint density at radius 3 is 0.961 bits per heavy atom. The van der Waals surface area contributed by atoms with Gasteiger partial charge in [-0.05, 0) is 25.2 Å². The van der Waals surface area contributed by atoms with Crippen LogP contribution in [-0.4, -0.2) is 37.2 Å². The topological polar surface area (TPSA) is 78.9 Å². The summed E-state index contributed by atoms with van der Waals surface area (Å²) in [6, 6.07) is 0. The third-order valence-electron chi connectivity index (χ3n) is 10.0. The lowest BCUT2D eigenvalue weighted by molar-refractivity contribution is -0.167. The zero-order valence-electron chi connectivity index (χ0n) is 34.6. The molecule has 6 nitrogen and oxygen atoms in total. The fourth-order valence-corrected chi connectivity index (χ4v) is 6.63. The molecule has 0 fully saturated rings. The molecule has 0 saturated carbocycles. The number of unbranched alkanes of at least 4 members (excludes halogenated alkanes) is 27. The zero-order valence-corrected chi connectivity index (χ0v) is 34.6. The fraction of sp³-hybridized carbons (Fsp3) is 0.933. The second-order valence-electron chi connectivity index (χ2n) is 15.8. The van der Waals surface area contributed by atoms with Gasteiger partial charge >= 0.3 is 17.9 Å². The number of esters is 3. The van der Waals surface area contributed by atoms with Crippen LogP contribution in [-0.2, 0) is 28.6 Å². The van der Waals surface area contributed by atoms with Crippen molar-refractivity contribution in [2.45, 2.75) is 252 Å². The van der Waals surface area contributed by atoms with E-state index in [0.29, 0.717) is 19.3 Å². The third-order valence-corrected chi connectivity index (χ3v) is 10.0. The molecule has 0 saturated heterocycles. The molecule has 0 aromatic rings. The Balaban J connectivity index is 4.25. The number of ether oxygens (including phenoxy) is 3. The van der Waals surface area contributed by atoms with Crippen LogP contribution in [0.1, 0.15) is 246 Å². The average Bonchev–Trinajstić information content (AvgIpc) is 3.11. The van der Waals surface area contributed by atoms with Gasteiger partial charge in [0.05, 0.1) is 0 Å². The lowest BCUT2D eigenvalue weighted by atomic mass is 10.0. The normalized spacial score (nSPS) is 11.9. The molecule has 0 aliphatic carbocycles. The van der Waals surface area contributed by atoms with Crippen LogP contribution in [0.15, 0.2) is 0 Å². The first-order valence-electron chi connectivity index (χ1n) is 22.4. The van der Waals surface area contributed by atoms with Gasteiger partial charge in [-0.2, -0.15) is 0 Å². The van der Waals surface area contributed by atoms with E-state index in [1.165, 1.54) is 141 Å². The van der Waals surface area contributed by atoms with Crippen molar-refractivity contribution in [3.8, 4) is 0 Å². The van der Waals surface area contributed by atoms with Crippen LogP contribution in [0.4, 0.5) is 0 Å². The monoisotopic (exact) mass is 723 g/mol. The van der Waals surface area contributed by atoms with Gasteiger partial charge in [-0.15, -0.1) is 0 Å². The van der Waals surface area contributed by atoms with E-state index in [9.17, 15) is 14.4 Å². The van der Waals surface area contributed by atoms with Crippen LogP contribution in [0.2, 0.25) is 0 Å². The lowest BCUT2D eigenvalue weighted by Gasteiger charge is -2.18. The van der Waals surface area contributed by atoms with E-state index in [4.69, 9.17) is 14.2 Å². The van der Waals surface area contributed by atoms with Crippen molar-refractivity contribution in [3.05, 3.63) is 0 Å². The minimum Gasteiger partial charge on any atom is -0.462 e. The van der Waals surface area contributed by atoms with E-state index < -0.39 is 6.10 Å². The van der Waals surface area contributed by atoms with E-state index >= 15 is 0 Å². The Labute approximate surface area is 317 Å². The van der Waals surface area contributed by atoms with E-state index in [0.717, 1.165) is 63.7 Å². The van der Waals surface area contributed by atoms with Crippen molar-refractivity contribution in [2.75, 3.05) is 13.2 Å². The first-order valence-corrected chi connectivity index (χ1v) is 22.4. The van der Waals surface area contributed by atoms with Crippen molar-refractivity contribution in [1.29, 1.82) is 0 Å². The first kappa shape index (κ1) is 49.4. The van der Waals surface area contributed by atoms with Crippen LogP contribution in [0.5, 0.6) is 0 Å². The largest absolute Gasteiger partial charge is 0.462 e. The quantitative estimate of drug-likeness (QED) is 0.0356. The van der Waals surface area contributed by atoms with Gasteiger partial charge in [0.1, 0.15) is 13.2 Å². The Morgan fingerprint density at radius 2 is 0.647 bits per heavy atom. The predicted octanol–water partition coefficient (Wildman–Crippen LogP) is 13.9. The van der Waals surface area contributed by atoms with Crippen molar-refractivity contribution in [1.82, 2.24) is 0 Å². The Bertz CT molecular complexity index is 766. The van der Waals surface area contributed by atoms with Crippen LogP contribution >= 0.6 is 0 Å². The molecule has 0 aromatic carbocycles. The molecule has 0 aromatic heterocycles. The SMILES string of the molecule is CCCCCCCCCCCCCC(=O)O[C@H](COC(=O)CCCCCCCCC)COC(=O)CCCCCCCCCCCCCCC(C)C. The molecular weight excluding hydrogens is 636 g/mol. The molecule has 0 aliphatic rings. The summed E-state index contributed by atoms with van der Waals surface area (Å²) in [5.41, 5.74) is 0. The van der Waals surface area contributed by atoms with Gasteiger partial charge in [0.15, 0.2) is 6.10 Å². The predicted molar refractivity (Wildman–Crippen MR) is 215 cm³/mol. The van der Waals surface area contributed by atoms with Crippen LogP contribution in [0.3, 0.4) is 0 Å². The van der Waals surface area contributed by atoms with Gasteiger partial charge in [0.25, 0.3) is 0 Å². The molecule has 1 atom stereocenters. The average molecular weight is 723 g/mol. The van der Waals surface area contributed by atoms with E-state index in [1.807, 2.05) is 0 Å². The van der Waals surface area contributed by atoms with Crippen molar-refractivity contribution < 1.29 is 28.6 Å². The number of carbonyl (C=O) groups is 3. The summed E-state index contributed by atoms with van der Waals surface area (Å²) in [6.45, 7) is 8.95. The summed E-state index contributed by atoms with van der Waals surface area (Å²) >= 11 is 0. The second kappa shape index (κ2) is 39.6. The molecule has 0 amide bonds. The Hall–Kier alpha value is -1.59. The summed E-state index contributed by atoms with van der Waals surface area (Å²) in [5.74, 6) is -0.0280. The van der Waals surface area contributed by atoms with E-state index in [-0.39, 0.29) is 31.1 Å². The van der Waals surface area contributed by atoms with Gasteiger partial charge in [-0.3, -0.25) is 14.4 Å². The zero-order chi connectivity index (χ0) is 37.5. The molecule has 51 heavy (non-hydrogen) atoms. The minimum atomic E-state index is -0.757. The maximum absolute atomic E-state index is 12.6. The molecule has 0 unspecified atom stereocenters. The molecule has 0 heterocycles. The molecule has 0 aliphatic heterocycles. The Kier molecular flexibility index (Phi) is 38.4. The Morgan fingerprint density at radius 1 is 0.373 bits per heavy atom. The number of carbonyl (C=O) groups excluding carboxylic acids is 3. The van der Waals surface area contributed by atoms with Crippen LogP contribution in [0.25, 0.3) is 0 Å². The number of hydrogen-bond donors (Lipinski definition) is 0. The fourth-order valence-electron chi connectivity index (χ4n) is 6.63. The van der Waals surface area contributed by atoms with Crippen LogP contribution in [0, 0.1) is 5.92 Å². The van der Waals surface area contributed by atoms with Crippen molar-refractivity contribution in [2.24, 2.45) is 5.92 Å². The minimum absolute atomic E-state index is 0.0642. The smallest absolute Gasteiger partial charge is 0.306 e. The van der Waals surface area contributed by atoms with Gasteiger partial charge in [0.2, 0.25) is 0 Å². The van der Waals surface area contributed by atoms with Crippen LogP contribution < -0.4 is 0 Å². The highest BCUT2D eigenvalue weighted by Crippen LogP contribution is 2.16. The van der Waals surface area contributed by atoms with E-state index in [2.05, 4.69) is 27.7 Å². The molecule has 0 bridgehead atoms. The molecular formula is C45H86O6. The maximum atomic E-state index is 12.6. The lowest BCUT2D eigenvalue weighted by Crippen LogP contribution is -2.30. The highest BCUT2D eigenvalue weighted by Gasteiger charge is 2.19. The standard InChI is InChI=1S/C45H86O6/c1-5-7-9-11-13-14-17-22-26-30-34-38-45(48)51-42(39-49-43(46)36-32-28-23-12-10-8-6-2)40-50-44(47)37-33-29-25-21-19-16-15-18-20-24-27-31-35-41(3)4/h41-42H,5-40H2,1-4H3/t42-/m1/s1. The number of rotatable bonds is 40. The highest BCUT2D eigenvalue weighted by molar-refractivity contribution is 5.71. The maximum Gasteiger partial charge on any atom is 0.306 e. The van der Waals surface area contributed by atoms with Gasteiger partial charge in [-0.25, -0.2) is 0 Å². The summed E-state index contributed by atoms with van der Waals surface area (Å²) in [6.07, 6.45) is 38.1.